The predicted octanol–water partition coefficient (Wildman–Crippen LogP) is 5.16. The molecule has 1 aromatic heterocycles. The van der Waals surface area contributed by atoms with Crippen molar-refractivity contribution in [2.75, 3.05) is 7.05 Å². The second-order valence-electron chi connectivity index (χ2n) is 7.95. The highest BCUT2D eigenvalue weighted by molar-refractivity contribution is 8.00. The average molecular weight is 460 g/mol. The lowest BCUT2D eigenvalue weighted by Crippen LogP contribution is -2.33. The van der Waals surface area contributed by atoms with Crippen molar-refractivity contribution in [1.29, 1.82) is 0 Å². The standard InChI is InChI=1S/C20H24F3N3O2S2/c1-26(19-8-4-7-18-17(19)12-24-25-18)30(27,28)16-10-13(20(21,22)23)9-15(11-16)29-14-5-2-3-6-14/h9-12,14,19H,2-8H2,1H3,(H,24,25)/t19-/m1/s1. The molecule has 0 unspecified atom stereocenters. The largest absolute Gasteiger partial charge is 0.416 e. The lowest BCUT2D eigenvalue weighted by atomic mass is 9.93. The number of halogens is 3. The quantitative estimate of drug-likeness (QED) is 0.671. The van der Waals surface area contributed by atoms with E-state index in [1.54, 1.807) is 6.20 Å². The SMILES string of the molecule is CN([C@@H]1CCCc2[nH]ncc21)S(=O)(=O)c1cc(SC2CCCC2)cc(C(F)(F)F)c1. The fourth-order valence-corrected chi connectivity index (χ4v) is 7.16. The molecule has 0 bridgehead atoms. The zero-order valence-electron chi connectivity index (χ0n) is 16.6. The van der Waals surface area contributed by atoms with Gasteiger partial charge in [-0.25, -0.2) is 8.42 Å². The molecule has 0 amide bonds. The Kier molecular flexibility index (Phi) is 5.93. The Balaban J connectivity index is 1.70. The number of alkyl halides is 3. The monoisotopic (exact) mass is 459 g/mol. The van der Waals surface area contributed by atoms with Gasteiger partial charge in [-0.1, -0.05) is 12.8 Å². The van der Waals surface area contributed by atoms with Gasteiger partial charge in [0, 0.05) is 28.5 Å². The van der Waals surface area contributed by atoms with Gasteiger partial charge in [-0.05, 0) is 50.3 Å². The van der Waals surface area contributed by atoms with Gasteiger partial charge in [0.1, 0.15) is 0 Å². The molecule has 1 heterocycles. The normalized spacial score (nSPS) is 20.6. The summed E-state index contributed by atoms with van der Waals surface area (Å²) in [6.07, 6.45) is 3.15. The highest BCUT2D eigenvalue weighted by Gasteiger charge is 2.37. The van der Waals surface area contributed by atoms with E-state index in [1.165, 1.54) is 29.2 Å². The molecule has 2 aliphatic rings. The zero-order valence-corrected chi connectivity index (χ0v) is 18.2. The Morgan fingerprint density at radius 3 is 2.57 bits per heavy atom. The number of H-pyrrole nitrogens is 1. The van der Waals surface area contributed by atoms with Crippen LogP contribution in [0.5, 0.6) is 0 Å². The third-order valence-corrected chi connectivity index (χ3v) is 9.10. The number of fused-ring (bicyclic) bond motifs is 1. The summed E-state index contributed by atoms with van der Waals surface area (Å²) >= 11 is 1.35. The lowest BCUT2D eigenvalue weighted by molar-refractivity contribution is -0.137. The molecule has 2 aliphatic carbocycles. The van der Waals surface area contributed by atoms with Gasteiger partial charge in [-0.2, -0.15) is 22.6 Å². The maximum absolute atomic E-state index is 13.5. The summed E-state index contributed by atoms with van der Waals surface area (Å²) in [7, 11) is -2.68. The van der Waals surface area contributed by atoms with E-state index < -0.39 is 27.8 Å². The first kappa shape index (κ1) is 21.7. The van der Waals surface area contributed by atoms with Crippen LogP contribution in [-0.4, -0.2) is 35.2 Å². The van der Waals surface area contributed by atoms with Gasteiger partial charge in [0.15, 0.2) is 0 Å². The van der Waals surface area contributed by atoms with Crippen LogP contribution in [0.15, 0.2) is 34.2 Å². The minimum Gasteiger partial charge on any atom is -0.282 e. The summed E-state index contributed by atoms with van der Waals surface area (Å²) < 4.78 is 68.5. The van der Waals surface area contributed by atoms with Crippen LogP contribution in [0.4, 0.5) is 13.2 Å². The number of nitrogens with one attached hydrogen (secondary N) is 1. The molecule has 0 aliphatic heterocycles. The van der Waals surface area contributed by atoms with Gasteiger partial charge in [0.05, 0.1) is 22.7 Å². The van der Waals surface area contributed by atoms with Crippen LogP contribution in [0, 0.1) is 0 Å². The molecule has 30 heavy (non-hydrogen) atoms. The van der Waals surface area contributed by atoms with Crippen LogP contribution in [0.1, 0.15) is 61.4 Å². The highest BCUT2D eigenvalue weighted by Crippen LogP contribution is 2.41. The molecule has 2 aromatic rings. The molecule has 164 valence electrons. The van der Waals surface area contributed by atoms with Crippen LogP contribution >= 0.6 is 11.8 Å². The number of hydrogen-bond acceptors (Lipinski definition) is 4. The van der Waals surface area contributed by atoms with Gasteiger partial charge in [-0.3, -0.25) is 5.10 Å². The first-order chi connectivity index (χ1) is 14.2. The van der Waals surface area contributed by atoms with Crippen molar-refractivity contribution in [2.45, 2.75) is 72.2 Å². The molecule has 1 N–H and O–H groups in total. The second-order valence-corrected chi connectivity index (χ2v) is 11.3. The van der Waals surface area contributed by atoms with Crippen LogP contribution in [-0.2, 0) is 22.6 Å². The van der Waals surface area contributed by atoms with Crippen molar-refractivity contribution in [2.24, 2.45) is 0 Å². The van der Waals surface area contributed by atoms with Gasteiger partial charge in [0.25, 0.3) is 0 Å². The smallest absolute Gasteiger partial charge is 0.282 e. The third kappa shape index (κ3) is 4.27. The van der Waals surface area contributed by atoms with Crippen LogP contribution < -0.4 is 0 Å². The third-order valence-electron chi connectivity index (χ3n) is 5.94. The van der Waals surface area contributed by atoms with Crippen LogP contribution in [0.2, 0.25) is 0 Å². The molecular weight excluding hydrogens is 435 g/mol. The summed E-state index contributed by atoms with van der Waals surface area (Å²) in [5.74, 6) is 0. The van der Waals surface area contributed by atoms with E-state index in [1.807, 2.05) is 0 Å². The topological polar surface area (TPSA) is 66.1 Å². The van der Waals surface area contributed by atoms with Crippen molar-refractivity contribution < 1.29 is 21.6 Å². The minimum absolute atomic E-state index is 0.230. The molecule has 1 atom stereocenters. The number of aromatic nitrogens is 2. The van der Waals surface area contributed by atoms with Gasteiger partial charge < -0.3 is 0 Å². The van der Waals surface area contributed by atoms with Crippen molar-refractivity contribution in [3.63, 3.8) is 0 Å². The number of aromatic amines is 1. The summed E-state index contributed by atoms with van der Waals surface area (Å²) in [4.78, 5) is 0.0484. The van der Waals surface area contributed by atoms with E-state index in [0.29, 0.717) is 11.3 Å². The molecule has 0 spiro atoms. The van der Waals surface area contributed by atoms with Crippen LogP contribution in [0.3, 0.4) is 0 Å². The summed E-state index contributed by atoms with van der Waals surface area (Å²) in [6.45, 7) is 0. The van der Waals surface area contributed by atoms with E-state index in [-0.39, 0.29) is 10.1 Å². The summed E-state index contributed by atoms with van der Waals surface area (Å²) in [5, 5.41) is 7.13. The Labute approximate surface area is 178 Å². The molecule has 5 nitrogen and oxygen atoms in total. The van der Waals surface area contributed by atoms with Gasteiger partial charge >= 0.3 is 6.18 Å². The van der Waals surface area contributed by atoms with Gasteiger partial charge in [0.2, 0.25) is 10.0 Å². The fraction of sp³-hybridized carbons (Fsp3) is 0.550. The predicted molar refractivity (Wildman–Crippen MR) is 109 cm³/mol. The van der Waals surface area contributed by atoms with E-state index in [9.17, 15) is 21.6 Å². The van der Waals surface area contributed by atoms with E-state index in [0.717, 1.165) is 61.9 Å². The number of thioether (sulfide) groups is 1. The number of nitrogens with zero attached hydrogens (tertiary/aromatic N) is 2. The minimum atomic E-state index is -4.61. The number of rotatable bonds is 5. The molecule has 1 fully saturated rings. The Bertz CT molecular complexity index is 1010. The number of benzene rings is 1. The average Bonchev–Trinajstić information content (AvgIpc) is 3.37. The van der Waals surface area contributed by atoms with Crippen molar-refractivity contribution in [1.82, 2.24) is 14.5 Å². The lowest BCUT2D eigenvalue weighted by Gasteiger charge is -2.30. The molecular formula is C20H24F3N3O2S2. The van der Waals surface area contributed by atoms with Crippen molar-refractivity contribution >= 4 is 21.8 Å². The van der Waals surface area contributed by atoms with Crippen molar-refractivity contribution in [3.8, 4) is 0 Å². The first-order valence-corrected chi connectivity index (χ1v) is 12.4. The summed E-state index contributed by atoms with van der Waals surface area (Å²) in [5.41, 5.74) is 0.750. The second kappa shape index (κ2) is 8.20. The number of hydrogen-bond donors (Lipinski definition) is 1. The molecule has 1 saturated carbocycles. The van der Waals surface area contributed by atoms with E-state index in [2.05, 4.69) is 10.2 Å². The Morgan fingerprint density at radius 1 is 1.13 bits per heavy atom. The Morgan fingerprint density at radius 2 is 1.87 bits per heavy atom. The molecule has 0 saturated heterocycles. The highest BCUT2D eigenvalue weighted by atomic mass is 32.2. The van der Waals surface area contributed by atoms with E-state index in [4.69, 9.17) is 0 Å². The zero-order chi connectivity index (χ0) is 21.5. The first-order valence-electron chi connectivity index (χ1n) is 10.1. The van der Waals surface area contributed by atoms with Crippen LogP contribution in [0.25, 0.3) is 0 Å². The maximum atomic E-state index is 13.5. The molecule has 10 heteroatoms. The maximum Gasteiger partial charge on any atom is 0.416 e. The number of sulfonamides is 1. The fourth-order valence-electron chi connectivity index (χ4n) is 4.30. The Hall–Kier alpha value is -1.52. The molecule has 1 aromatic carbocycles. The molecule has 0 radical (unpaired) electrons. The number of aryl methyl sites for hydroxylation is 1. The summed E-state index contributed by atoms with van der Waals surface area (Å²) in [6, 6.07) is 2.77. The van der Waals surface area contributed by atoms with Gasteiger partial charge in [-0.15, -0.1) is 11.8 Å². The van der Waals surface area contributed by atoms with E-state index >= 15 is 0 Å². The van der Waals surface area contributed by atoms with Crippen molar-refractivity contribution in [3.05, 3.63) is 41.2 Å². The molecule has 4 rings (SSSR count).